The first-order valence-corrected chi connectivity index (χ1v) is 8.79. The number of carbonyl (C=O) groups is 1. The third-order valence-corrected chi connectivity index (χ3v) is 3.96. The molecule has 1 rings (SSSR count). The van der Waals surface area contributed by atoms with E-state index in [0.29, 0.717) is 19.1 Å². The fraction of sp³-hybridized carbons (Fsp3) is 0.588. The minimum atomic E-state index is 0.177. The van der Waals surface area contributed by atoms with Gasteiger partial charge in [0.1, 0.15) is 5.75 Å². The average molecular weight is 356 g/mol. The fourth-order valence-corrected chi connectivity index (χ4v) is 2.82. The molecule has 118 valence electrons. The van der Waals surface area contributed by atoms with Gasteiger partial charge < -0.3 is 9.64 Å². The Morgan fingerprint density at radius 1 is 1.33 bits per heavy atom. The highest BCUT2D eigenvalue weighted by Gasteiger charge is 2.20. The van der Waals surface area contributed by atoms with Crippen LogP contribution in [0.2, 0.25) is 0 Å². The Morgan fingerprint density at radius 2 is 2.05 bits per heavy atom. The molecule has 1 aromatic rings. The quantitative estimate of drug-likeness (QED) is 0.622. The SMILES string of the molecule is CCC(CC)N(CCBr)C(=O)CCOc1cccc(C)c1. The van der Waals surface area contributed by atoms with Crippen LogP contribution in [0.1, 0.15) is 38.7 Å². The van der Waals surface area contributed by atoms with Crippen molar-refractivity contribution in [1.29, 1.82) is 0 Å². The normalized spacial score (nSPS) is 10.7. The van der Waals surface area contributed by atoms with Gasteiger partial charge in [0.15, 0.2) is 0 Å². The number of aryl methyl sites for hydroxylation is 1. The minimum Gasteiger partial charge on any atom is -0.493 e. The number of rotatable bonds is 9. The average Bonchev–Trinajstić information content (AvgIpc) is 2.47. The molecule has 0 spiro atoms. The molecule has 3 nitrogen and oxygen atoms in total. The van der Waals surface area contributed by atoms with Crippen LogP contribution in [0.4, 0.5) is 0 Å². The largest absolute Gasteiger partial charge is 0.493 e. The van der Waals surface area contributed by atoms with Crippen molar-refractivity contribution in [1.82, 2.24) is 4.90 Å². The second kappa shape index (κ2) is 9.82. The molecule has 0 aliphatic rings. The standard InChI is InChI=1S/C17H26BrNO2/c1-4-15(5-2)19(11-10-18)17(20)9-12-21-16-8-6-7-14(3)13-16/h6-8,13,15H,4-5,9-12H2,1-3H3. The monoisotopic (exact) mass is 355 g/mol. The molecule has 0 aromatic heterocycles. The lowest BCUT2D eigenvalue weighted by Crippen LogP contribution is -2.41. The molecule has 0 aliphatic carbocycles. The Hall–Kier alpha value is -1.03. The van der Waals surface area contributed by atoms with Gasteiger partial charge in [0.2, 0.25) is 5.91 Å². The molecule has 0 saturated heterocycles. The summed E-state index contributed by atoms with van der Waals surface area (Å²) in [6, 6.07) is 8.24. The number of amides is 1. The van der Waals surface area contributed by atoms with Crippen molar-refractivity contribution >= 4 is 21.8 Å². The van der Waals surface area contributed by atoms with Gasteiger partial charge in [-0.2, -0.15) is 0 Å². The molecule has 4 heteroatoms. The van der Waals surface area contributed by atoms with Crippen LogP contribution in [0.25, 0.3) is 0 Å². The summed E-state index contributed by atoms with van der Waals surface area (Å²) in [4.78, 5) is 14.4. The summed E-state index contributed by atoms with van der Waals surface area (Å²) in [6.07, 6.45) is 2.42. The Kier molecular flexibility index (Phi) is 8.43. The number of ether oxygens (including phenoxy) is 1. The van der Waals surface area contributed by atoms with Gasteiger partial charge in [-0.05, 0) is 37.5 Å². The summed E-state index contributed by atoms with van der Waals surface area (Å²) in [5.41, 5.74) is 1.16. The van der Waals surface area contributed by atoms with E-state index in [1.54, 1.807) is 0 Å². The Balaban J connectivity index is 2.49. The molecule has 0 heterocycles. The molecular formula is C17H26BrNO2. The van der Waals surface area contributed by atoms with Crippen LogP contribution in [-0.4, -0.2) is 35.3 Å². The highest BCUT2D eigenvalue weighted by molar-refractivity contribution is 9.09. The van der Waals surface area contributed by atoms with E-state index in [0.717, 1.165) is 36.0 Å². The van der Waals surface area contributed by atoms with Crippen molar-refractivity contribution in [3.8, 4) is 5.75 Å². The summed E-state index contributed by atoms with van der Waals surface area (Å²) in [6.45, 7) is 7.48. The van der Waals surface area contributed by atoms with E-state index in [1.807, 2.05) is 36.1 Å². The molecule has 0 unspecified atom stereocenters. The Morgan fingerprint density at radius 3 is 2.62 bits per heavy atom. The minimum absolute atomic E-state index is 0.177. The number of halogens is 1. The zero-order chi connectivity index (χ0) is 15.7. The molecule has 0 saturated carbocycles. The number of hydrogen-bond donors (Lipinski definition) is 0. The summed E-state index contributed by atoms with van der Waals surface area (Å²) in [5.74, 6) is 1.01. The van der Waals surface area contributed by atoms with Crippen LogP contribution >= 0.6 is 15.9 Å². The molecule has 0 aliphatic heterocycles. The molecular weight excluding hydrogens is 330 g/mol. The lowest BCUT2D eigenvalue weighted by atomic mass is 10.1. The maximum Gasteiger partial charge on any atom is 0.226 e. The van der Waals surface area contributed by atoms with Gasteiger partial charge in [-0.3, -0.25) is 4.79 Å². The van der Waals surface area contributed by atoms with E-state index in [1.165, 1.54) is 0 Å². The Bertz CT molecular complexity index is 433. The summed E-state index contributed by atoms with van der Waals surface area (Å²) < 4.78 is 5.67. The van der Waals surface area contributed by atoms with E-state index >= 15 is 0 Å². The molecule has 0 fully saturated rings. The topological polar surface area (TPSA) is 29.5 Å². The van der Waals surface area contributed by atoms with Crippen molar-refractivity contribution in [2.75, 3.05) is 18.5 Å². The van der Waals surface area contributed by atoms with Gasteiger partial charge in [-0.1, -0.05) is 41.9 Å². The lowest BCUT2D eigenvalue weighted by molar-refractivity contribution is -0.133. The molecule has 21 heavy (non-hydrogen) atoms. The van der Waals surface area contributed by atoms with Crippen molar-refractivity contribution < 1.29 is 9.53 Å². The van der Waals surface area contributed by atoms with E-state index in [9.17, 15) is 4.79 Å². The van der Waals surface area contributed by atoms with Crippen LogP contribution in [0.5, 0.6) is 5.75 Å². The number of nitrogens with zero attached hydrogens (tertiary/aromatic N) is 1. The van der Waals surface area contributed by atoms with E-state index in [2.05, 4.69) is 29.8 Å². The van der Waals surface area contributed by atoms with Gasteiger partial charge in [0.05, 0.1) is 13.0 Å². The first-order chi connectivity index (χ1) is 10.1. The van der Waals surface area contributed by atoms with Gasteiger partial charge >= 0.3 is 0 Å². The van der Waals surface area contributed by atoms with Crippen LogP contribution < -0.4 is 4.74 Å². The van der Waals surface area contributed by atoms with Crippen LogP contribution in [0.3, 0.4) is 0 Å². The van der Waals surface area contributed by atoms with Crippen LogP contribution in [-0.2, 0) is 4.79 Å². The zero-order valence-corrected chi connectivity index (χ0v) is 14.9. The van der Waals surface area contributed by atoms with Crippen LogP contribution in [0, 0.1) is 6.92 Å². The zero-order valence-electron chi connectivity index (χ0n) is 13.3. The number of carbonyl (C=O) groups excluding carboxylic acids is 1. The van der Waals surface area contributed by atoms with Crippen molar-refractivity contribution in [2.24, 2.45) is 0 Å². The lowest BCUT2D eigenvalue weighted by Gasteiger charge is -2.30. The molecule has 0 bridgehead atoms. The maximum absolute atomic E-state index is 12.4. The van der Waals surface area contributed by atoms with E-state index in [4.69, 9.17) is 4.74 Å². The first-order valence-electron chi connectivity index (χ1n) is 7.67. The van der Waals surface area contributed by atoms with Gasteiger partial charge in [-0.15, -0.1) is 0 Å². The second-order valence-corrected chi connectivity index (χ2v) is 5.95. The van der Waals surface area contributed by atoms with Crippen LogP contribution in [0.15, 0.2) is 24.3 Å². The second-order valence-electron chi connectivity index (χ2n) is 5.16. The van der Waals surface area contributed by atoms with Crippen molar-refractivity contribution in [3.63, 3.8) is 0 Å². The highest BCUT2D eigenvalue weighted by Crippen LogP contribution is 2.14. The van der Waals surface area contributed by atoms with Gasteiger partial charge in [0, 0.05) is 17.9 Å². The molecule has 0 atom stereocenters. The summed E-state index contributed by atoms with van der Waals surface area (Å²) in [7, 11) is 0. The highest BCUT2D eigenvalue weighted by atomic mass is 79.9. The smallest absolute Gasteiger partial charge is 0.226 e. The molecule has 0 radical (unpaired) electrons. The van der Waals surface area contributed by atoms with Gasteiger partial charge in [0.25, 0.3) is 0 Å². The molecule has 1 aromatic carbocycles. The van der Waals surface area contributed by atoms with Crippen molar-refractivity contribution in [3.05, 3.63) is 29.8 Å². The van der Waals surface area contributed by atoms with E-state index in [-0.39, 0.29) is 5.91 Å². The summed E-state index contributed by atoms with van der Waals surface area (Å²) >= 11 is 3.43. The predicted octanol–water partition coefficient (Wildman–Crippen LogP) is 4.18. The van der Waals surface area contributed by atoms with Crippen molar-refractivity contribution in [2.45, 2.75) is 46.1 Å². The molecule has 0 N–H and O–H groups in total. The van der Waals surface area contributed by atoms with Gasteiger partial charge in [-0.25, -0.2) is 0 Å². The first kappa shape index (κ1) is 18.0. The predicted molar refractivity (Wildman–Crippen MR) is 91.2 cm³/mol. The molecule has 1 amide bonds. The Labute approximate surface area is 136 Å². The maximum atomic E-state index is 12.4. The number of benzene rings is 1. The van der Waals surface area contributed by atoms with E-state index < -0.39 is 0 Å². The number of hydrogen-bond acceptors (Lipinski definition) is 2. The number of alkyl halides is 1. The third-order valence-electron chi connectivity index (χ3n) is 3.60. The third kappa shape index (κ3) is 6.08. The fourth-order valence-electron chi connectivity index (χ4n) is 2.44. The summed E-state index contributed by atoms with van der Waals surface area (Å²) in [5, 5.41) is 0.813.